The zero-order valence-corrected chi connectivity index (χ0v) is 10.8. The van der Waals surface area contributed by atoms with Gasteiger partial charge in [-0.05, 0) is 18.4 Å². The molecule has 0 saturated carbocycles. The topological polar surface area (TPSA) is 39.9 Å². The summed E-state index contributed by atoms with van der Waals surface area (Å²) in [6.45, 7) is 8.52. The monoisotopic (exact) mass is 223 g/mol. The van der Waals surface area contributed by atoms with Crippen LogP contribution in [0.25, 0.3) is 0 Å². The van der Waals surface area contributed by atoms with Crippen molar-refractivity contribution >= 4 is 0 Å². The number of allylic oxidation sites excluding steroid dienone is 1. The van der Waals surface area contributed by atoms with Crippen LogP contribution in [0.1, 0.15) is 34.1 Å². The van der Waals surface area contributed by atoms with Crippen molar-refractivity contribution < 1.29 is 4.74 Å². The molecule has 1 unspecified atom stereocenters. The highest BCUT2D eigenvalue weighted by Gasteiger charge is 2.34. The van der Waals surface area contributed by atoms with Gasteiger partial charge in [-0.15, -0.1) is 0 Å². The van der Waals surface area contributed by atoms with E-state index >= 15 is 0 Å². The van der Waals surface area contributed by atoms with Gasteiger partial charge >= 0.3 is 0 Å². The standard InChI is InChI=1S/C12H21N3O/c1-6-7-12(16-5,8-11(2,3)4)15-10-13-9-14-15/h6-7,9-10H,8H2,1-5H3. The summed E-state index contributed by atoms with van der Waals surface area (Å²) in [6, 6.07) is 0. The van der Waals surface area contributed by atoms with E-state index in [0.717, 1.165) is 6.42 Å². The van der Waals surface area contributed by atoms with E-state index < -0.39 is 5.72 Å². The molecule has 0 spiro atoms. The Morgan fingerprint density at radius 1 is 1.38 bits per heavy atom. The predicted octanol–water partition coefficient (Wildman–Crippen LogP) is 2.59. The van der Waals surface area contributed by atoms with Gasteiger partial charge in [0.1, 0.15) is 12.7 Å². The molecule has 1 aromatic rings. The van der Waals surface area contributed by atoms with Crippen molar-refractivity contribution in [2.75, 3.05) is 7.11 Å². The number of aromatic nitrogens is 3. The molecule has 0 aliphatic rings. The first-order valence-corrected chi connectivity index (χ1v) is 5.48. The fourth-order valence-electron chi connectivity index (χ4n) is 1.87. The fraction of sp³-hybridized carbons (Fsp3) is 0.667. The Kier molecular flexibility index (Phi) is 3.86. The van der Waals surface area contributed by atoms with E-state index in [2.05, 4.69) is 30.9 Å². The molecule has 0 aromatic carbocycles. The molecule has 1 aromatic heterocycles. The third-order valence-corrected chi connectivity index (χ3v) is 2.37. The average molecular weight is 223 g/mol. The highest BCUT2D eigenvalue weighted by molar-refractivity contribution is 4.98. The second kappa shape index (κ2) is 4.78. The Labute approximate surface area is 97.3 Å². The van der Waals surface area contributed by atoms with Crippen LogP contribution in [-0.2, 0) is 10.5 Å². The van der Waals surface area contributed by atoms with Crippen LogP contribution >= 0.6 is 0 Å². The number of nitrogens with zero attached hydrogens (tertiary/aromatic N) is 3. The van der Waals surface area contributed by atoms with E-state index in [4.69, 9.17) is 4.74 Å². The Morgan fingerprint density at radius 3 is 2.44 bits per heavy atom. The first kappa shape index (κ1) is 12.9. The second-order valence-electron chi connectivity index (χ2n) is 5.13. The summed E-state index contributed by atoms with van der Waals surface area (Å²) >= 11 is 0. The molecule has 16 heavy (non-hydrogen) atoms. The van der Waals surface area contributed by atoms with Gasteiger partial charge in [0.25, 0.3) is 0 Å². The molecule has 0 saturated heterocycles. The first-order chi connectivity index (χ1) is 7.43. The Morgan fingerprint density at radius 2 is 2.06 bits per heavy atom. The van der Waals surface area contributed by atoms with Gasteiger partial charge in [0.05, 0.1) is 0 Å². The molecule has 1 heterocycles. The van der Waals surface area contributed by atoms with Gasteiger partial charge in [0.15, 0.2) is 5.72 Å². The average Bonchev–Trinajstić information content (AvgIpc) is 2.68. The van der Waals surface area contributed by atoms with Crippen LogP contribution in [0.15, 0.2) is 24.8 Å². The third-order valence-electron chi connectivity index (χ3n) is 2.37. The zero-order chi connectivity index (χ0) is 12.2. The van der Waals surface area contributed by atoms with E-state index in [1.165, 1.54) is 6.33 Å². The van der Waals surface area contributed by atoms with Crippen LogP contribution in [0.2, 0.25) is 0 Å². The van der Waals surface area contributed by atoms with Gasteiger partial charge in [-0.1, -0.05) is 26.8 Å². The summed E-state index contributed by atoms with van der Waals surface area (Å²) in [7, 11) is 1.70. The SMILES string of the molecule is CC=CC(CC(C)(C)C)(OC)n1cncn1. The van der Waals surface area contributed by atoms with Crippen LogP contribution in [0.5, 0.6) is 0 Å². The van der Waals surface area contributed by atoms with Crippen LogP contribution in [-0.4, -0.2) is 21.9 Å². The van der Waals surface area contributed by atoms with E-state index in [-0.39, 0.29) is 5.41 Å². The van der Waals surface area contributed by atoms with Gasteiger partial charge in [0.2, 0.25) is 0 Å². The molecule has 0 amide bonds. The van der Waals surface area contributed by atoms with Crippen molar-refractivity contribution in [3.8, 4) is 0 Å². The fourth-order valence-corrected chi connectivity index (χ4v) is 1.87. The summed E-state index contributed by atoms with van der Waals surface area (Å²) in [5, 5.41) is 4.19. The summed E-state index contributed by atoms with van der Waals surface area (Å²) in [5.74, 6) is 0. The molecule has 0 N–H and O–H groups in total. The quantitative estimate of drug-likeness (QED) is 0.737. The number of hydrogen-bond acceptors (Lipinski definition) is 3. The van der Waals surface area contributed by atoms with Gasteiger partial charge in [-0.2, -0.15) is 5.10 Å². The van der Waals surface area contributed by atoms with Crippen LogP contribution in [0.3, 0.4) is 0 Å². The van der Waals surface area contributed by atoms with Gasteiger partial charge < -0.3 is 4.74 Å². The van der Waals surface area contributed by atoms with Crippen molar-refractivity contribution in [3.63, 3.8) is 0 Å². The molecule has 0 fully saturated rings. The lowest BCUT2D eigenvalue weighted by atomic mass is 9.85. The molecule has 0 radical (unpaired) electrons. The van der Waals surface area contributed by atoms with Crippen LogP contribution in [0, 0.1) is 5.41 Å². The highest BCUT2D eigenvalue weighted by atomic mass is 16.5. The molecule has 1 rings (SSSR count). The minimum atomic E-state index is -0.538. The van der Waals surface area contributed by atoms with Gasteiger partial charge in [0, 0.05) is 13.5 Å². The number of rotatable bonds is 4. The molecule has 0 aliphatic heterocycles. The largest absolute Gasteiger partial charge is 0.353 e. The predicted molar refractivity (Wildman–Crippen MR) is 63.9 cm³/mol. The van der Waals surface area contributed by atoms with E-state index in [0.29, 0.717) is 0 Å². The summed E-state index contributed by atoms with van der Waals surface area (Å²) < 4.78 is 7.43. The molecule has 90 valence electrons. The summed E-state index contributed by atoms with van der Waals surface area (Å²) in [4.78, 5) is 3.99. The van der Waals surface area contributed by atoms with E-state index in [9.17, 15) is 0 Å². The zero-order valence-electron chi connectivity index (χ0n) is 10.8. The Bertz CT molecular complexity index is 338. The summed E-state index contributed by atoms with van der Waals surface area (Å²) in [5.41, 5.74) is -0.398. The number of ether oxygens (including phenoxy) is 1. The molecule has 0 aliphatic carbocycles. The van der Waals surface area contributed by atoms with Crippen molar-refractivity contribution in [3.05, 3.63) is 24.8 Å². The Hall–Kier alpha value is -1.16. The third kappa shape index (κ3) is 2.92. The summed E-state index contributed by atoms with van der Waals surface area (Å²) in [6.07, 6.45) is 8.06. The van der Waals surface area contributed by atoms with Crippen molar-refractivity contribution in [2.45, 2.75) is 39.8 Å². The maximum Gasteiger partial charge on any atom is 0.181 e. The molecular weight excluding hydrogens is 202 g/mol. The molecule has 1 atom stereocenters. The lowest BCUT2D eigenvalue weighted by Gasteiger charge is -2.35. The molecule has 4 heteroatoms. The second-order valence-corrected chi connectivity index (χ2v) is 5.13. The minimum Gasteiger partial charge on any atom is -0.353 e. The lowest BCUT2D eigenvalue weighted by Crippen LogP contribution is -2.38. The first-order valence-electron chi connectivity index (χ1n) is 5.48. The van der Waals surface area contributed by atoms with Gasteiger partial charge in [-0.3, -0.25) is 0 Å². The van der Waals surface area contributed by atoms with Gasteiger partial charge in [-0.25, -0.2) is 9.67 Å². The van der Waals surface area contributed by atoms with Crippen LogP contribution in [0.4, 0.5) is 0 Å². The van der Waals surface area contributed by atoms with E-state index in [1.807, 2.05) is 19.1 Å². The van der Waals surface area contributed by atoms with Crippen molar-refractivity contribution in [1.82, 2.24) is 14.8 Å². The highest BCUT2D eigenvalue weighted by Crippen LogP contribution is 2.33. The molecule has 4 nitrogen and oxygen atoms in total. The molecule has 0 bridgehead atoms. The number of hydrogen-bond donors (Lipinski definition) is 0. The van der Waals surface area contributed by atoms with Crippen molar-refractivity contribution in [2.24, 2.45) is 5.41 Å². The maximum absolute atomic E-state index is 5.67. The number of methoxy groups -OCH3 is 1. The normalized spacial score (nSPS) is 16.6. The van der Waals surface area contributed by atoms with E-state index in [1.54, 1.807) is 18.1 Å². The lowest BCUT2D eigenvalue weighted by molar-refractivity contribution is -0.0725. The van der Waals surface area contributed by atoms with Crippen molar-refractivity contribution in [1.29, 1.82) is 0 Å². The Balaban J connectivity index is 3.10. The smallest absolute Gasteiger partial charge is 0.181 e. The maximum atomic E-state index is 5.67. The van der Waals surface area contributed by atoms with Crippen LogP contribution < -0.4 is 0 Å². The minimum absolute atomic E-state index is 0.140. The molecular formula is C12H21N3O.